The number of carbonyl (C=O) groups excluding carboxylic acids is 2. The molecule has 2 aliphatic heterocycles. The highest BCUT2D eigenvalue weighted by atomic mass is 32.2. The molecule has 4 nitrogen and oxygen atoms in total. The molecule has 2 atom stereocenters. The van der Waals surface area contributed by atoms with Gasteiger partial charge in [0.2, 0.25) is 0 Å². The van der Waals surface area contributed by atoms with E-state index >= 15 is 0 Å². The predicted molar refractivity (Wildman–Crippen MR) is 119 cm³/mol. The third kappa shape index (κ3) is 2.85. The van der Waals surface area contributed by atoms with Crippen LogP contribution < -0.4 is 4.90 Å². The fourth-order valence-corrected chi connectivity index (χ4v) is 6.99. The average molecular weight is 421 g/mol. The molecule has 1 amide bonds. The molecule has 0 N–H and O–H groups in total. The standard InChI is InChI=1S/C23H20N2O2S2/c1-3-12-25-21(27)20(23-24(2)17-10-6-7-11-18(17)28-23)29-22(25)16-13-14-8-4-5-9-15(14)19(16)26/h3-11,16,22H,1,12-13H2,2H3/b23-20+. The van der Waals surface area contributed by atoms with Crippen molar-refractivity contribution in [3.05, 3.63) is 82.2 Å². The van der Waals surface area contributed by atoms with Crippen LogP contribution in [0.5, 0.6) is 0 Å². The highest BCUT2D eigenvalue weighted by Crippen LogP contribution is 2.52. The summed E-state index contributed by atoms with van der Waals surface area (Å²) in [6.07, 6.45) is 2.42. The van der Waals surface area contributed by atoms with Crippen LogP contribution in [-0.4, -0.2) is 35.6 Å². The summed E-state index contributed by atoms with van der Waals surface area (Å²) in [6.45, 7) is 4.27. The van der Waals surface area contributed by atoms with Crippen LogP contribution >= 0.6 is 23.5 Å². The first-order valence-corrected chi connectivity index (χ1v) is 11.2. The van der Waals surface area contributed by atoms with Gasteiger partial charge in [-0.3, -0.25) is 9.59 Å². The molecule has 6 heteroatoms. The van der Waals surface area contributed by atoms with Gasteiger partial charge in [0.25, 0.3) is 5.91 Å². The molecule has 0 radical (unpaired) electrons. The summed E-state index contributed by atoms with van der Waals surface area (Å²) in [7, 11) is 2.00. The van der Waals surface area contributed by atoms with Crippen LogP contribution in [0.1, 0.15) is 15.9 Å². The number of benzene rings is 2. The second kappa shape index (κ2) is 7.11. The van der Waals surface area contributed by atoms with Gasteiger partial charge >= 0.3 is 0 Å². The van der Waals surface area contributed by atoms with Gasteiger partial charge in [-0.1, -0.05) is 66.0 Å². The Hall–Kier alpha value is -2.44. The lowest BCUT2D eigenvalue weighted by atomic mass is 10.0. The van der Waals surface area contributed by atoms with Crippen molar-refractivity contribution in [2.45, 2.75) is 16.7 Å². The number of hydrogen-bond acceptors (Lipinski definition) is 5. The second-order valence-corrected chi connectivity index (χ2v) is 9.51. The number of hydrogen-bond donors (Lipinski definition) is 0. The SMILES string of the molecule is C=CCN1C(=O)/C(=C2\Sc3ccccc3N2C)SC1C1Cc2ccccc2C1=O. The Kier molecular flexibility index (Phi) is 4.56. The minimum absolute atomic E-state index is 0.00851. The van der Waals surface area contributed by atoms with E-state index in [0.717, 1.165) is 31.6 Å². The molecule has 3 aliphatic rings. The Bertz CT molecular complexity index is 1080. The molecule has 29 heavy (non-hydrogen) atoms. The van der Waals surface area contributed by atoms with Gasteiger partial charge in [-0.25, -0.2) is 0 Å². The van der Waals surface area contributed by atoms with Crippen molar-refractivity contribution in [2.24, 2.45) is 5.92 Å². The van der Waals surface area contributed by atoms with E-state index in [1.54, 1.807) is 17.8 Å². The highest BCUT2D eigenvalue weighted by Gasteiger charge is 2.47. The Morgan fingerprint density at radius 1 is 1.14 bits per heavy atom. The second-order valence-electron chi connectivity index (χ2n) is 7.35. The van der Waals surface area contributed by atoms with Crippen molar-refractivity contribution in [3.63, 3.8) is 0 Å². The lowest BCUT2D eigenvalue weighted by molar-refractivity contribution is -0.126. The van der Waals surface area contributed by atoms with Gasteiger partial charge < -0.3 is 9.80 Å². The predicted octanol–water partition coefficient (Wildman–Crippen LogP) is 4.54. The van der Waals surface area contributed by atoms with Crippen LogP contribution in [0, 0.1) is 5.92 Å². The van der Waals surface area contributed by atoms with Gasteiger partial charge in [0, 0.05) is 24.1 Å². The van der Waals surface area contributed by atoms with E-state index < -0.39 is 0 Å². The third-order valence-corrected chi connectivity index (χ3v) is 8.46. The summed E-state index contributed by atoms with van der Waals surface area (Å²) in [4.78, 5) is 32.2. The van der Waals surface area contributed by atoms with E-state index in [-0.39, 0.29) is 23.0 Å². The van der Waals surface area contributed by atoms with Crippen molar-refractivity contribution in [1.82, 2.24) is 4.90 Å². The molecule has 0 spiro atoms. The van der Waals surface area contributed by atoms with E-state index in [2.05, 4.69) is 23.6 Å². The van der Waals surface area contributed by atoms with Crippen molar-refractivity contribution in [1.29, 1.82) is 0 Å². The van der Waals surface area contributed by atoms with Crippen LogP contribution in [0.3, 0.4) is 0 Å². The Morgan fingerprint density at radius 2 is 1.90 bits per heavy atom. The maximum absolute atomic E-state index is 13.4. The summed E-state index contributed by atoms with van der Waals surface area (Å²) >= 11 is 3.16. The molecule has 0 bridgehead atoms. The third-order valence-electron chi connectivity index (χ3n) is 5.66. The van der Waals surface area contributed by atoms with Crippen molar-refractivity contribution < 1.29 is 9.59 Å². The number of carbonyl (C=O) groups is 2. The molecule has 2 unspecified atom stereocenters. The number of nitrogens with zero attached hydrogens (tertiary/aromatic N) is 2. The molecule has 2 aromatic rings. The first-order chi connectivity index (χ1) is 14.1. The van der Waals surface area contributed by atoms with E-state index in [1.165, 1.54) is 11.8 Å². The highest BCUT2D eigenvalue weighted by molar-refractivity contribution is 8.08. The lowest BCUT2D eigenvalue weighted by Crippen LogP contribution is -2.39. The molecule has 5 rings (SSSR count). The molecule has 0 aromatic heterocycles. The first-order valence-electron chi connectivity index (χ1n) is 9.55. The van der Waals surface area contributed by atoms with Crippen molar-refractivity contribution >= 4 is 40.9 Å². The number of amides is 1. The smallest absolute Gasteiger partial charge is 0.264 e. The zero-order valence-electron chi connectivity index (χ0n) is 16.0. The molecule has 2 aromatic carbocycles. The quantitative estimate of drug-likeness (QED) is 0.539. The number of ketones is 1. The number of anilines is 1. The number of thioether (sulfide) groups is 2. The normalized spacial score (nSPS) is 25.6. The van der Waals surface area contributed by atoms with Crippen LogP contribution in [0.25, 0.3) is 0 Å². The van der Waals surface area contributed by atoms with E-state index in [0.29, 0.717) is 13.0 Å². The number of Topliss-reactive ketones (excluding diaryl/α,β-unsaturated/α-hetero) is 1. The number of rotatable bonds is 3. The fraction of sp³-hybridized carbons (Fsp3) is 0.217. The number of para-hydroxylation sites is 1. The van der Waals surface area contributed by atoms with Gasteiger partial charge in [-0.2, -0.15) is 0 Å². The molecule has 146 valence electrons. The molecule has 1 fully saturated rings. The maximum atomic E-state index is 13.4. The summed E-state index contributed by atoms with van der Waals surface area (Å²) in [5.74, 6) is -0.0915. The fourth-order valence-electron chi connectivity index (χ4n) is 4.25. The minimum Gasteiger partial charge on any atom is -0.337 e. The van der Waals surface area contributed by atoms with E-state index in [1.807, 2.05) is 48.3 Å². The lowest BCUT2D eigenvalue weighted by Gasteiger charge is -2.25. The first kappa shape index (κ1) is 18.6. The van der Waals surface area contributed by atoms with Crippen LogP contribution in [-0.2, 0) is 11.2 Å². The van der Waals surface area contributed by atoms with Gasteiger partial charge in [0.15, 0.2) is 5.78 Å². The monoisotopic (exact) mass is 420 g/mol. The molecule has 2 heterocycles. The van der Waals surface area contributed by atoms with E-state index in [4.69, 9.17) is 0 Å². The topological polar surface area (TPSA) is 40.6 Å². The van der Waals surface area contributed by atoms with Crippen molar-refractivity contribution in [3.8, 4) is 0 Å². The Labute approximate surface area is 178 Å². The maximum Gasteiger partial charge on any atom is 0.264 e. The summed E-state index contributed by atoms with van der Waals surface area (Å²) in [5.41, 5.74) is 2.98. The molecule has 1 aliphatic carbocycles. The Morgan fingerprint density at radius 3 is 2.66 bits per heavy atom. The molecular weight excluding hydrogens is 400 g/mol. The van der Waals surface area contributed by atoms with Crippen molar-refractivity contribution in [2.75, 3.05) is 18.5 Å². The summed E-state index contributed by atoms with van der Waals surface area (Å²) in [5, 5.41) is 0.737. The molecular formula is C23H20N2O2S2. The summed E-state index contributed by atoms with van der Waals surface area (Å²) in [6, 6.07) is 15.9. The van der Waals surface area contributed by atoms with Gasteiger partial charge in [0.05, 0.1) is 22.0 Å². The van der Waals surface area contributed by atoms with Crippen LogP contribution in [0.4, 0.5) is 5.69 Å². The summed E-state index contributed by atoms with van der Waals surface area (Å²) < 4.78 is 0. The largest absolute Gasteiger partial charge is 0.337 e. The molecule has 1 saturated heterocycles. The molecule has 0 saturated carbocycles. The zero-order chi connectivity index (χ0) is 20.1. The van der Waals surface area contributed by atoms with Crippen LogP contribution in [0.15, 0.2) is 76.0 Å². The Balaban J connectivity index is 1.51. The van der Waals surface area contributed by atoms with Gasteiger partial charge in [-0.15, -0.1) is 6.58 Å². The van der Waals surface area contributed by atoms with Crippen LogP contribution in [0.2, 0.25) is 0 Å². The average Bonchev–Trinajstić information content (AvgIpc) is 3.36. The van der Waals surface area contributed by atoms with Gasteiger partial charge in [-0.05, 0) is 24.1 Å². The minimum atomic E-state index is -0.224. The van der Waals surface area contributed by atoms with E-state index in [9.17, 15) is 9.59 Å². The zero-order valence-corrected chi connectivity index (χ0v) is 17.6. The number of fused-ring (bicyclic) bond motifs is 2. The van der Waals surface area contributed by atoms with Gasteiger partial charge in [0.1, 0.15) is 4.91 Å².